The number of carbonyl (C=O) groups is 2. The average Bonchev–Trinajstić information content (AvgIpc) is 3.21. The molecule has 0 spiro atoms. The van der Waals surface area contributed by atoms with E-state index in [1.54, 1.807) is 6.92 Å². The van der Waals surface area contributed by atoms with Crippen molar-refractivity contribution in [2.24, 2.45) is 5.73 Å². The van der Waals surface area contributed by atoms with Crippen LogP contribution in [0.1, 0.15) is 30.1 Å². The maximum absolute atomic E-state index is 12.7. The van der Waals surface area contributed by atoms with Crippen LogP contribution < -0.4 is 10.6 Å². The highest BCUT2D eigenvalue weighted by Gasteiger charge is 2.25. The van der Waals surface area contributed by atoms with Gasteiger partial charge in [0, 0.05) is 18.7 Å². The van der Waals surface area contributed by atoms with Crippen molar-refractivity contribution in [2.45, 2.75) is 24.8 Å². The molecule has 2 N–H and O–H groups in total. The smallest absolute Gasteiger partial charge is 0.341 e. The summed E-state index contributed by atoms with van der Waals surface area (Å²) < 4.78 is 5.28. The molecule has 0 aliphatic carbocycles. The SMILES string of the molecule is CCOC(=O)c1c(-c2ccccc2)cc(N2CCCC2)nc1SCC(N)=O. The maximum Gasteiger partial charge on any atom is 0.341 e. The number of ether oxygens (including phenoxy) is 1. The summed E-state index contributed by atoms with van der Waals surface area (Å²) in [6.07, 6.45) is 2.23. The molecule has 1 amide bonds. The lowest BCUT2D eigenvalue weighted by Gasteiger charge is -2.21. The third-order valence-corrected chi connectivity index (χ3v) is 5.32. The molecule has 2 aromatic rings. The number of amides is 1. The zero-order chi connectivity index (χ0) is 19.2. The number of hydrogen-bond acceptors (Lipinski definition) is 6. The predicted molar refractivity (Wildman–Crippen MR) is 107 cm³/mol. The van der Waals surface area contributed by atoms with Gasteiger partial charge in [0.2, 0.25) is 5.91 Å². The number of esters is 1. The van der Waals surface area contributed by atoms with Crippen LogP contribution in [0, 0.1) is 0 Å². The molecule has 0 unspecified atom stereocenters. The lowest BCUT2D eigenvalue weighted by Crippen LogP contribution is -2.21. The third-order valence-electron chi connectivity index (χ3n) is 4.32. The molecule has 142 valence electrons. The van der Waals surface area contributed by atoms with Crippen molar-refractivity contribution in [3.8, 4) is 11.1 Å². The Bertz CT molecular complexity index is 821. The lowest BCUT2D eigenvalue weighted by atomic mass is 10.0. The summed E-state index contributed by atoms with van der Waals surface area (Å²) in [6, 6.07) is 11.6. The van der Waals surface area contributed by atoms with Crippen molar-refractivity contribution in [3.05, 3.63) is 42.0 Å². The molecule has 3 rings (SSSR count). The second-order valence-electron chi connectivity index (χ2n) is 6.24. The molecule has 7 heteroatoms. The van der Waals surface area contributed by atoms with Crippen molar-refractivity contribution in [3.63, 3.8) is 0 Å². The van der Waals surface area contributed by atoms with E-state index < -0.39 is 11.9 Å². The van der Waals surface area contributed by atoms with Crippen LogP contribution in [0.4, 0.5) is 5.82 Å². The monoisotopic (exact) mass is 385 g/mol. The Morgan fingerprint density at radius 2 is 1.93 bits per heavy atom. The Hall–Kier alpha value is -2.54. The zero-order valence-corrected chi connectivity index (χ0v) is 16.1. The molecule has 2 heterocycles. The molecule has 1 saturated heterocycles. The molecule has 27 heavy (non-hydrogen) atoms. The van der Waals surface area contributed by atoms with Crippen molar-refractivity contribution >= 4 is 29.5 Å². The first-order valence-electron chi connectivity index (χ1n) is 9.03. The highest BCUT2D eigenvalue weighted by atomic mass is 32.2. The van der Waals surface area contributed by atoms with E-state index in [9.17, 15) is 9.59 Å². The quantitative estimate of drug-likeness (QED) is 0.582. The van der Waals surface area contributed by atoms with Gasteiger partial charge < -0.3 is 15.4 Å². The van der Waals surface area contributed by atoms with Gasteiger partial charge >= 0.3 is 5.97 Å². The lowest BCUT2D eigenvalue weighted by molar-refractivity contribution is -0.115. The van der Waals surface area contributed by atoms with E-state index in [1.165, 1.54) is 11.8 Å². The summed E-state index contributed by atoms with van der Waals surface area (Å²) in [5.74, 6) is -0.0310. The molecular weight excluding hydrogens is 362 g/mol. The molecule has 1 aromatic heterocycles. The number of carbonyl (C=O) groups excluding carboxylic acids is 2. The van der Waals surface area contributed by atoms with Gasteiger partial charge in [0.25, 0.3) is 0 Å². The molecule has 0 bridgehead atoms. The highest BCUT2D eigenvalue weighted by Crippen LogP contribution is 2.35. The van der Waals surface area contributed by atoms with Crippen LogP contribution in [0.5, 0.6) is 0 Å². The Kier molecular flexibility index (Phi) is 6.34. The first-order valence-corrected chi connectivity index (χ1v) is 10.0. The fraction of sp³-hybridized carbons (Fsp3) is 0.350. The van der Waals surface area contributed by atoms with Crippen LogP contribution in [0.15, 0.2) is 41.4 Å². The fourth-order valence-corrected chi connectivity index (χ4v) is 3.88. The second kappa shape index (κ2) is 8.90. The summed E-state index contributed by atoms with van der Waals surface area (Å²) in [5.41, 5.74) is 7.38. The molecule has 0 saturated carbocycles. The van der Waals surface area contributed by atoms with Gasteiger partial charge in [0.15, 0.2) is 0 Å². The number of hydrogen-bond donors (Lipinski definition) is 1. The molecular formula is C20H23N3O3S. The van der Waals surface area contributed by atoms with E-state index in [1.807, 2.05) is 36.4 Å². The number of rotatable bonds is 7. The molecule has 0 atom stereocenters. The van der Waals surface area contributed by atoms with Crippen molar-refractivity contribution in [1.82, 2.24) is 4.98 Å². The summed E-state index contributed by atoms with van der Waals surface area (Å²) in [7, 11) is 0. The summed E-state index contributed by atoms with van der Waals surface area (Å²) in [5, 5.41) is 0.482. The number of pyridine rings is 1. The zero-order valence-electron chi connectivity index (χ0n) is 15.3. The fourth-order valence-electron chi connectivity index (χ4n) is 3.11. The Balaban J connectivity index is 2.16. The minimum absolute atomic E-state index is 0.0527. The topological polar surface area (TPSA) is 85.5 Å². The van der Waals surface area contributed by atoms with Crippen LogP contribution in [0.25, 0.3) is 11.1 Å². The number of nitrogens with zero attached hydrogens (tertiary/aromatic N) is 2. The van der Waals surface area contributed by atoms with E-state index in [2.05, 4.69) is 4.90 Å². The highest BCUT2D eigenvalue weighted by molar-refractivity contribution is 8.00. The summed E-state index contributed by atoms with van der Waals surface area (Å²) in [4.78, 5) is 31.0. The van der Waals surface area contributed by atoms with Gasteiger partial charge in [0.1, 0.15) is 10.8 Å². The van der Waals surface area contributed by atoms with Gasteiger partial charge in [-0.3, -0.25) is 4.79 Å². The third kappa shape index (κ3) is 4.60. The summed E-state index contributed by atoms with van der Waals surface area (Å²) in [6.45, 7) is 3.89. The normalized spacial score (nSPS) is 13.6. The number of anilines is 1. The Morgan fingerprint density at radius 1 is 1.22 bits per heavy atom. The van der Waals surface area contributed by atoms with Gasteiger partial charge in [0.05, 0.1) is 17.9 Å². The van der Waals surface area contributed by atoms with Crippen molar-refractivity contribution in [2.75, 3.05) is 30.3 Å². The van der Waals surface area contributed by atoms with Crippen LogP contribution in [-0.4, -0.2) is 42.3 Å². The molecule has 1 aliphatic rings. The Morgan fingerprint density at radius 3 is 2.56 bits per heavy atom. The van der Waals surface area contributed by atoms with Crippen molar-refractivity contribution < 1.29 is 14.3 Å². The second-order valence-corrected chi connectivity index (χ2v) is 7.21. The van der Waals surface area contributed by atoms with E-state index >= 15 is 0 Å². The standard InChI is InChI=1S/C20H23N3O3S/c1-2-26-20(25)18-15(14-8-4-3-5-9-14)12-17(23-10-6-7-11-23)22-19(18)27-13-16(21)24/h3-5,8-9,12H,2,6-7,10-11,13H2,1H3,(H2,21,24). The minimum Gasteiger partial charge on any atom is -0.462 e. The van der Waals surface area contributed by atoms with E-state index in [4.69, 9.17) is 15.5 Å². The van der Waals surface area contributed by atoms with E-state index in [-0.39, 0.29) is 12.4 Å². The minimum atomic E-state index is -0.454. The maximum atomic E-state index is 12.7. The molecule has 6 nitrogen and oxygen atoms in total. The van der Waals surface area contributed by atoms with E-state index in [0.29, 0.717) is 10.6 Å². The van der Waals surface area contributed by atoms with Gasteiger partial charge in [-0.05, 0) is 31.4 Å². The average molecular weight is 385 g/mol. The molecule has 1 aromatic carbocycles. The van der Waals surface area contributed by atoms with Gasteiger partial charge in [-0.1, -0.05) is 42.1 Å². The van der Waals surface area contributed by atoms with Gasteiger partial charge in [-0.15, -0.1) is 0 Å². The van der Waals surface area contributed by atoms with E-state index in [0.717, 1.165) is 42.9 Å². The van der Waals surface area contributed by atoms with Crippen LogP contribution in [0.3, 0.4) is 0 Å². The van der Waals surface area contributed by atoms with Crippen molar-refractivity contribution in [1.29, 1.82) is 0 Å². The first kappa shape index (κ1) is 19.2. The summed E-state index contributed by atoms with van der Waals surface area (Å²) >= 11 is 1.18. The van der Waals surface area contributed by atoms with Gasteiger partial charge in [-0.2, -0.15) is 0 Å². The first-order chi connectivity index (χ1) is 13.1. The number of thioether (sulfide) groups is 1. The van der Waals surface area contributed by atoms with Crippen LogP contribution in [0.2, 0.25) is 0 Å². The number of aromatic nitrogens is 1. The number of nitrogens with two attached hydrogens (primary N) is 1. The van der Waals surface area contributed by atoms with Gasteiger partial charge in [-0.25, -0.2) is 9.78 Å². The molecule has 0 radical (unpaired) electrons. The van der Waals surface area contributed by atoms with Crippen LogP contribution >= 0.6 is 11.8 Å². The molecule has 1 fully saturated rings. The number of primary amides is 1. The largest absolute Gasteiger partial charge is 0.462 e. The van der Waals surface area contributed by atoms with Crippen LogP contribution in [-0.2, 0) is 9.53 Å². The number of benzene rings is 1. The molecule has 1 aliphatic heterocycles. The predicted octanol–water partition coefficient (Wildman–Crippen LogP) is 3.10. The Labute approximate surface area is 163 Å².